The third-order valence-electron chi connectivity index (χ3n) is 2.83. The summed E-state index contributed by atoms with van der Waals surface area (Å²) in [4.78, 5) is 0. The van der Waals surface area contributed by atoms with E-state index in [1.54, 1.807) is 12.1 Å². The first-order valence-corrected chi connectivity index (χ1v) is 5.70. The van der Waals surface area contributed by atoms with Crippen molar-refractivity contribution in [3.8, 4) is 0 Å². The van der Waals surface area contributed by atoms with Crippen LogP contribution in [0.3, 0.4) is 0 Å². The molecular weight excluding hydrogens is 245 g/mol. The summed E-state index contributed by atoms with van der Waals surface area (Å²) in [5.41, 5.74) is 1.96. The highest BCUT2D eigenvalue weighted by molar-refractivity contribution is 9.10. The van der Waals surface area contributed by atoms with Crippen molar-refractivity contribution >= 4 is 15.9 Å². The lowest BCUT2D eigenvalue weighted by Gasteiger charge is -2.26. The zero-order chi connectivity index (χ0) is 10.1. The molecule has 3 heteroatoms. The second-order valence-corrected chi connectivity index (χ2v) is 4.53. The van der Waals surface area contributed by atoms with Crippen molar-refractivity contribution in [1.82, 2.24) is 5.32 Å². The van der Waals surface area contributed by atoms with Crippen molar-refractivity contribution in [3.63, 3.8) is 0 Å². The Morgan fingerprint density at radius 1 is 1.50 bits per heavy atom. The average molecular weight is 258 g/mol. The summed E-state index contributed by atoms with van der Waals surface area (Å²) in [6.07, 6.45) is 1.85. The number of rotatable bonds is 1. The smallest absolute Gasteiger partial charge is 0.126 e. The topological polar surface area (TPSA) is 12.0 Å². The Morgan fingerprint density at radius 3 is 3.00 bits per heavy atom. The van der Waals surface area contributed by atoms with Gasteiger partial charge in [-0.15, -0.1) is 0 Å². The predicted octanol–water partition coefficient (Wildman–Crippen LogP) is 3.01. The highest BCUT2D eigenvalue weighted by atomic mass is 79.9. The summed E-state index contributed by atoms with van der Waals surface area (Å²) < 4.78 is 14.5. The molecule has 1 nitrogen and oxygen atoms in total. The molecule has 1 aliphatic rings. The van der Waals surface area contributed by atoms with Crippen molar-refractivity contribution in [1.29, 1.82) is 0 Å². The second kappa shape index (κ2) is 3.99. The van der Waals surface area contributed by atoms with Gasteiger partial charge in [0.15, 0.2) is 0 Å². The number of hydrogen-bond donors (Lipinski definition) is 1. The van der Waals surface area contributed by atoms with E-state index in [2.05, 4.69) is 28.2 Å². The van der Waals surface area contributed by atoms with Crippen molar-refractivity contribution < 1.29 is 4.39 Å². The second-order valence-electron chi connectivity index (χ2n) is 3.68. The van der Waals surface area contributed by atoms with Crippen LogP contribution in [0.2, 0.25) is 0 Å². The molecule has 0 radical (unpaired) electrons. The lowest BCUT2D eigenvalue weighted by molar-refractivity contribution is 0.451. The Hall–Kier alpha value is -0.410. The van der Waals surface area contributed by atoms with Crippen LogP contribution in [0.15, 0.2) is 16.6 Å². The van der Waals surface area contributed by atoms with Gasteiger partial charge in [-0.3, -0.25) is 0 Å². The minimum absolute atomic E-state index is 0.0665. The van der Waals surface area contributed by atoms with Gasteiger partial charge in [-0.05, 0) is 36.1 Å². The maximum absolute atomic E-state index is 13.5. The molecule has 1 atom stereocenters. The lowest BCUT2D eigenvalue weighted by atomic mass is 9.94. The van der Waals surface area contributed by atoms with Crippen LogP contribution in [0.25, 0.3) is 0 Å². The summed E-state index contributed by atoms with van der Waals surface area (Å²) >= 11 is 3.45. The standard InChI is InChI=1S/C11H13BrFN/c1-2-7-5-8-9(6-14-7)10(12)3-4-11(8)13/h3-4,7,14H,2,5-6H2,1H3. The number of benzene rings is 1. The van der Waals surface area contributed by atoms with Crippen LogP contribution in [-0.2, 0) is 13.0 Å². The Labute approximate surface area is 91.8 Å². The number of halogens is 2. The minimum Gasteiger partial charge on any atom is -0.310 e. The highest BCUT2D eigenvalue weighted by Crippen LogP contribution is 2.27. The fourth-order valence-corrected chi connectivity index (χ4v) is 2.41. The normalized spacial score (nSPS) is 20.6. The summed E-state index contributed by atoms with van der Waals surface area (Å²) in [6, 6.07) is 3.74. The van der Waals surface area contributed by atoms with E-state index in [-0.39, 0.29) is 5.82 Å². The third kappa shape index (κ3) is 1.71. The van der Waals surface area contributed by atoms with Gasteiger partial charge in [0.1, 0.15) is 5.82 Å². The molecule has 1 heterocycles. The van der Waals surface area contributed by atoms with Gasteiger partial charge in [0, 0.05) is 17.1 Å². The van der Waals surface area contributed by atoms with Gasteiger partial charge in [0.25, 0.3) is 0 Å². The van der Waals surface area contributed by atoms with Crippen LogP contribution in [0.5, 0.6) is 0 Å². The van der Waals surface area contributed by atoms with Gasteiger partial charge in [0.05, 0.1) is 0 Å². The van der Waals surface area contributed by atoms with Crippen LogP contribution in [0, 0.1) is 5.82 Å². The maximum Gasteiger partial charge on any atom is 0.126 e. The predicted molar refractivity (Wildman–Crippen MR) is 58.7 cm³/mol. The molecular formula is C11H13BrFN. The first-order valence-electron chi connectivity index (χ1n) is 4.91. The van der Waals surface area contributed by atoms with Gasteiger partial charge in [-0.2, -0.15) is 0 Å². The Balaban J connectivity index is 2.40. The van der Waals surface area contributed by atoms with E-state index in [1.807, 2.05) is 0 Å². The van der Waals surface area contributed by atoms with E-state index in [1.165, 1.54) is 0 Å². The zero-order valence-electron chi connectivity index (χ0n) is 8.11. The van der Waals surface area contributed by atoms with Crippen LogP contribution in [0.1, 0.15) is 24.5 Å². The molecule has 1 aromatic carbocycles. The first-order chi connectivity index (χ1) is 6.72. The number of hydrogen-bond acceptors (Lipinski definition) is 1. The van der Waals surface area contributed by atoms with Gasteiger partial charge in [-0.25, -0.2) is 4.39 Å². The molecule has 0 aromatic heterocycles. The molecule has 0 aliphatic carbocycles. The minimum atomic E-state index is -0.0665. The van der Waals surface area contributed by atoms with E-state index in [0.29, 0.717) is 6.04 Å². The van der Waals surface area contributed by atoms with Crippen molar-refractivity contribution in [3.05, 3.63) is 33.5 Å². The van der Waals surface area contributed by atoms with Crippen LogP contribution in [0.4, 0.5) is 4.39 Å². The molecule has 0 amide bonds. The monoisotopic (exact) mass is 257 g/mol. The Kier molecular flexibility index (Phi) is 2.88. The van der Waals surface area contributed by atoms with E-state index < -0.39 is 0 Å². The molecule has 0 saturated heterocycles. The van der Waals surface area contributed by atoms with E-state index in [9.17, 15) is 4.39 Å². The van der Waals surface area contributed by atoms with Gasteiger partial charge < -0.3 is 5.32 Å². The molecule has 2 rings (SSSR count). The first kappa shape index (κ1) is 10.1. The van der Waals surface area contributed by atoms with Crippen molar-refractivity contribution in [2.75, 3.05) is 0 Å². The molecule has 0 fully saturated rings. The zero-order valence-corrected chi connectivity index (χ0v) is 9.70. The molecule has 0 bridgehead atoms. The van der Waals surface area contributed by atoms with Crippen LogP contribution in [-0.4, -0.2) is 6.04 Å². The highest BCUT2D eigenvalue weighted by Gasteiger charge is 2.21. The van der Waals surface area contributed by atoms with E-state index in [0.717, 1.165) is 35.0 Å². The number of nitrogens with one attached hydrogen (secondary N) is 1. The third-order valence-corrected chi connectivity index (χ3v) is 3.57. The van der Waals surface area contributed by atoms with Crippen LogP contribution >= 0.6 is 15.9 Å². The quantitative estimate of drug-likeness (QED) is 0.816. The molecule has 1 N–H and O–H groups in total. The van der Waals surface area contributed by atoms with Crippen LogP contribution < -0.4 is 5.32 Å². The average Bonchev–Trinajstić information content (AvgIpc) is 2.23. The van der Waals surface area contributed by atoms with Gasteiger partial charge >= 0.3 is 0 Å². The maximum atomic E-state index is 13.5. The summed E-state index contributed by atoms with van der Waals surface area (Å²) in [5, 5.41) is 3.40. The summed E-state index contributed by atoms with van der Waals surface area (Å²) in [5.74, 6) is -0.0665. The molecule has 1 aromatic rings. The molecule has 14 heavy (non-hydrogen) atoms. The molecule has 0 saturated carbocycles. The molecule has 0 spiro atoms. The summed E-state index contributed by atoms with van der Waals surface area (Å²) in [6.45, 7) is 2.89. The number of fused-ring (bicyclic) bond motifs is 1. The van der Waals surface area contributed by atoms with Crippen molar-refractivity contribution in [2.45, 2.75) is 32.4 Å². The van der Waals surface area contributed by atoms with E-state index >= 15 is 0 Å². The largest absolute Gasteiger partial charge is 0.310 e. The Bertz CT molecular complexity index is 351. The molecule has 76 valence electrons. The van der Waals surface area contributed by atoms with Gasteiger partial charge in [0.2, 0.25) is 0 Å². The van der Waals surface area contributed by atoms with Crippen molar-refractivity contribution in [2.24, 2.45) is 0 Å². The lowest BCUT2D eigenvalue weighted by Crippen LogP contribution is -2.35. The fraction of sp³-hybridized carbons (Fsp3) is 0.455. The SMILES string of the molecule is CCC1Cc2c(F)ccc(Br)c2CN1. The van der Waals surface area contributed by atoms with Gasteiger partial charge in [-0.1, -0.05) is 22.9 Å². The molecule has 1 unspecified atom stereocenters. The molecule has 1 aliphatic heterocycles. The van der Waals surface area contributed by atoms with E-state index in [4.69, 9.17) is 0 Å². The summed E-state index contributed by atoms with van der Waals surface area (Å²) in [7, 11) is 0. The Morgan fingerprint density at radius 2 is 2.29 bits per heavy atom. The fourth-order valence-electron chi connectivity index (χ4n) is 1.90.